The van der Waals surface area contributed by atoms with Crippen molar-refractivity contribution in [3.63, 3.8) is 0 Å². The number of likely N-dealkylation sites (tertiary alicyclic amines) is 1. The maximum Gasteiger partial charge on any atom is 0.220 e. The SMILES string of the molecule is COc1nc2ncnc(N[C@H](C)c3cccc(C(F)C4CCN(C(C)C)CC4)c3F)c2cc1C1(C#N)CC1. The molecule has 1 saturated heterocycles. The van der Waals surface area contributed by atoms with Gasteiger partial charge in [-0.25, -0.2) is 18.7 Å². The quantitative estimate of drug-likeness (QED) is 0.388. The molecule has 1 aliphatic heterocycles. The van der Waals surface area contributed by atoms with Gasteiger partial charge in [-0.3, -0.25) is 0 Å². The Hall–Kier alpha value is -3.38. The van der Waals surface area contributed by atoms with Crippen molar-refractivity contribution in [1.82, 2.24) is 19.9 Å². The second-order valence-electron chi connectivity index (χ2n) is 10.8. The van der Waals surface area contributed by atoms with E-state index in [0.717, 1.165) is 25.9 Å². The first kappa shape index (κ1) is 26.2. The number of alkyl halides is 1. The number of nitriles is 1. The van der Waals surface area contributed by atoms with Gasteiger partial charge in [0.2, 0.25) is 5.88 Å². The highest BCUT2D eigenvalue weighted by Crippen LogP contribution is 2.51. The van der Waals surface area contributed by atoms with Crippen LogP contribution >= 0.6 is 0 Å². The standard InChI is InChI=1S/C29H34F2N6O/c1-17(2)37-12-8-19(9-13-37)24(30)21-7-5-6-20(25(21)31)18(3)35-26-22-14-23(29(15-32)10-11-29)28(38-4)36-27(22)34-16-33-26/h5-7,14,16-19,24H,8-13H2,1-4H3,(H,33,34,35,36)/t18-,24?/m1/s1. The number of methoxy groups -OCH3 is 1. The van der Waals surface area contributed by atoms with Crippen molar-refractivity contribution < 1.29 is 13.5 Å². The van der Waals surface area contributed by atoms with Crippen molar-refractivity contribution >= 4 is 16.9 Å². The summed E-state index contributed by atoms with van der Waals surface area (Å²) in [6, 6.07) is 9.12. The van der Waals surface area contributed by atoms with E-state index in [-0.39, 0.29) is 11.5 Å². The van der Waals surface area contributed by atoms with Gasteiger partial charge in [0.1, 0.15) is 24.1 Å². The van der Waals surface area contributed by atoms with Gasteiger partial charge in [-0.1, -0.05) is 18.2 Å². The van der Waals surface area contributed by atoms with Gasteiger partial charge in [-0.15, -0.1) is 0 Å². The number of halogens is 2. The van der Waals surface area contributed by atoms with Crippen LogP contribution in [-0.4, -0.2) is 46.1 Å². The summed E-state index contributed by atoms with van der Waals surface area (Å²) in [5.41, 5.74) is 0.985. The van der Waals surface area contributed by atoms with Gasteiger partial charge in [0.15, 0.2) is 5.65 Å². The summed E-state index contributed by atoms with van der Waals surface area (Å²) in [4.78, 5) is 15.5. The largest absolute Gasteiger partial charge is 0.481 e. The molecular formula is C29H34F2N6O. The molecule has 5 rings (SSSR count). The predicted octanol–water partition coefficient (Wildman–Crippen LogP) is 6.03. The Morgan fingerprint density at radius 1 is 1.16 bits per heavy atom. The number of piperidine rings is 1. The molecule has 1 saturated carbocycles. The number of nitrogens with one attached hydrogen (secondary N) is 1. The number of anilines is 1. The molecule has 0 bridgehead atoms. The molecule has 2 aliphatic rings. The van der Waals surface area contributed by atoms with E-state index in [0.29, 0.717) is 52.7 Å². The molecular weight excluding hydrogens is 486 g/mol. The number of aromatic nitrogens is 3. The summed E-state index contributed by atoms with van der Waals surface area (Å²) < 4.78 is 36.8. The Morgan fingerprint density at radius 3 is 2.50 bits per heavy atom. The molecule has 0 radical (unpaired) electrons. The fraction of sp³-hybridized carbons (Fsp3) is 0.517. The topological polar surface area (TPSA) is 87.0 Å². The van der Waals surface area contributed by atoms with E-state index in [4.69, 9.17) is 4.74 Å². The van der Waals surface area contributed by atoms with Crippen LogP contribution in [0.3, 0.4) is 0 Å². The Balaban J connectivity index is 1.41. The zero-order valence-corrected chi connectivity index (χ0v) is 22.3. The third kappa shape index (κ3) is 4.78. The lowest BCUT2D eigenvalue weighted by Crippen LogP contribution is -2.39. The molecule has 0 spiro atoms. The number of hydrogen-bond acceptors (Lipinski definition) is 7. The maximum atomic E-state index is 15.7. The summed E-state index contributed by atoms with van der Waals surface area (Å²) in [5.74, 6) is 0.126. The minimum absolute atomic E-state index is 0.116. The Labute approximate surface area is 222 Å². The Morgan fingerprint density at radius 2 is 1.87 bits per heavy atom. The van der Waals surface area contributed by atoms with Gasteiger partial charge in [0.05, 0.1) is 30.0 Å². The molecule has 3 aromatic rings. The monoisotopic (exact) mass is 520 g/mol. The first-order valence-electron chi connectivity index (χ1n) is 13.3. The summed E-state index contributed by atoms with van der Waals surface area (Å²) in [6.45, 7) is 7.77. The minimum Gasteiger partial charge on any atom is -0.481 e. The van der Waals surface area contributed by atoms with Crippen LogP contribution in [0.15, 0.2) is 30.6 Å². The van der Waals surface area contributed by atoms with E-state index in [1.54, 1.807) is 18.2 Å². The number of nitrogens with zero attached hydrogens (tertiary/aromatic N) is 5. The van der Waals surface area contributed by atoms with Crippen LogP contribution in [0.5, 0.6) is 5.88 Å². The van der Waals surface area contributed by atoms with Gasteiger partial charge in [-0.2, -0.15) is 10.2 Å². The third-order valence-corrected chi connectivity index (χ3v) is 8.16. The molecule has 38 heavy (non-hydrogen) atoms. The van der Waals surface area contributed by atoms with Crippen molar-refractivity contribution in [2.24, 2.45) is 5.92 Å². The lowest BCUT2D eigenvalue weighted by molar-refractivity contribution is 0.0994. The first-order chi connectivity index (χ1) is 18.3. The molecule has 1 aromatic carbocycles. The molecule has 1 N–H and O–H groups in total. The van der Waals surface area contributed by atoms with Gasteiger partial charge < -0.3 is 15.0 Å². The average molecular weight is 521 g/mol. The number of benzene rings is 1. The van der Waals surface area contributed by atoms with Crippen molar-refractivity contribution in [3.05, 3.63) is 53.1 Å². The van der Waals surface area contributed by atoms with Crippen molar-refractivity contribution in [3.8, 4) is 11.9 Å². The van der Waals surface area contributed by atoms with Crippen LogP contribution in [0.1, 0.15) is 75.4 Å². The van der Waals surface area contributed by atoms with Crippen LogP contribution in [0.25, 0.3) is 11.0 Å². The molecule has 9 heteroatoms. The summed E-state index contributed by atoms with van der Waals surface area (Å²) in [5, 5.41) is 13.6. The first-order valence-corrected chi connectivity index (χ1v) is 13.3. The fourth-order valence-electron chi connectivity index (χ4n) is 5.53. The summed E-state index contributed by atoms with van der Waals surface area (Å²) in [7, 11) is 1.52. The van der Waals surface area contributed by atoms with Crippen LogP contribution in [-0.2, 0) is 5.41 Å². The zero-order valence-electron chi connectivity index (χ0n) is 22.3. The molecule has 7 nitrogen and oxygen atoms in total. The van der Waals surface area contributed by atoms with Crippen LogP contribution in [0, 0.1) is 23.1 Å². The maximum absolute atomic E-state index is 15.7. The highest BCUT2D eigenvalue weighted by atomic mass is 19.1. The number of hydrogen-bond donors (Lipinski definition) is 1. The van der Waals surface area contributed by atoms with E-state index in [1.165, 1.54) is 13.4 Å². The van der Waals surface area contributed by atoms with Crippen LogP contribution in [0.2, 0.25) is 0 Å². The average Bonchev–Trinajstić information content (AvgIpc) is 3.73. The Bertz CT molecular complexity index is 1360. The van der Waals surface area contributed by atoms with Crippen molar-refractivity contribution in [1.29, 1.82) is 5.26 Å². The van der Waals surface area contributed by atoms with Gasteiger partial charge in [-0.05, 0) is 71.5 Å². The minimum atomic E-state index is -1.35. The lowest BCUT2D eigenvalue weighted by Gasteiger charge is -2.36. The van der Waals surface area contributed by atoms with Crippen LogP contribution < -0.4 is 10.1 Å². The predicted molar refractivity (Wildman–Crippen MR) is 142 cm³/mol. The summed E-state index contributed by atoms with van der Waals surface area (Å²) >= 11 is 0. The smallest absolute Gasteiger partial charge is 0.220 e. The third-order valence-electron chi connectivity index (χ3n) is 8.16. The van der Waals surface area contributed by atoms with Gasteiger partial charge in [0, 0.05) is 22.7 Å². The molecule has 2 aromatic heterocycles. The molecule has 3 heterocycles. The highest BCUT2D eigenvalue weighted by Gasteiger charge is 2.47. The fourth-order valence-corrected chi connectivity index (χ4v) is 5.53. The van der Waals surface area contributed by atoms with Crippen molar-refractivity contribution in [2.75, 3.05) is 25.5 Å². The lowest BCUT2D eigenvalue weighted by atomic mass is 9.87. The van der Waals surface area contributed by atoms with E-state index in [9.17, 15) is 5.26 Å². The van der Waals surface area contributed by atoms with E-state index < -0.39 is 23.4 Å². The highest BCUT2D eigenvalue weighted by molar-refractivity contribution is 5.88. The van der Waals surface area contributed by atoms with E-state index >= 15 is 8.78 Å². The molecule has 2 fully saturated rings. The second-order valence-corrected chi connectivity index (χ2v) is 10.8. The zero-order chi connectivity index (χ0) is 27.0. The van der Waals surface area contributed by atoms with Gasteiger partial charge >= 0.3 is 0 Å². The second kappa shape index (κ2) is 10.4. The molecule has 2 atom stereocenters. The summed E-state index contributed by atoms with van der Waals surface area (Å²) in [6.07, 6.45) is 2.93. The molecule has 0 amide bonds. The molecule has 1 aliphatic carbocycles. The normalized spacial score (nSPS) is 19.2. The number of fused-ring (bicyclic) bond motifs is 1. The number of rotatable bonds is 8. The van der Waals surface area contributed by atoms with E-state index in [1.807, 2.05) is 13.0 Å². The van der Waals surface area contributed by atoms with E-state index in [2.05, 4.69) is 45.1 Å². The van der Waals surface area contributed by atoms with Crippen molar-refractivity contribution in [2.45, 2.75) is 70.1 Å². The Kier molecular flexibility index (Phi) is 7.19. The number of ether oxygens (including phenoxy) is 1. The van der Waals surface area contributed by atoms with Crippen LogP contribution in [0.4, 0.5) is 14.6 Å². The molecule has 1 unspecified atom stereocenters. The molecule has 200 valence electrons. The van der Waals surface area contributed by atoms with Gasteiger partial charge in [0.25, 0.3) is 0 Å². The number of pyridine rings is 1.